The predicted octanol–water partition coefficient (Wildman–Crippen LogP) is 2.10. The Morgan fingerprint density at radius 3 is 1.39 bits per heavy atom. The third-order valence-corrected chi connectivity index (χ3v) is 2.90. The molecule has 0 aliphatic heterocycles. The van der Waals surface area contributed by atoms with E-state index in [9.17, 15) is 19.2 Å². The predicted molar refractivity (Wildman–Crippen MR) is 78.5 cm³/mol. The topological polar surface area (TPSA) is 127 Å². The number of carbonyl (C=O) groups excluding carboxylic acids is 2. The van der Waals surface area contributed by atoms with E-state index in [-0.39, 0.29) is 25.7 Å². The molecule has 0 unspecified atom stereocenters. The zero-order valence-electron chi connectivity index (χ0n) is 13.3. The molecule has 0 fully saturated rings. The number of aliphatic carboxylic acids is 2. The fraction of sp³-hybridized carbons (Fsp3) is 0.733. The van der Waals surface area contributed by atoms with Gasteiger partial charge in [-0.3, -0.25) is 19.2 Å². The van der Waals surface area contributed by atoms with Crippen molar-refractivity contribution in [2.75, 3.05) is 0 Å². The van der Waals surface area contributed by atoms with Crippen LogP contribution in [0.4, 0.5) is 0 Å². The van der Waals surface area contributed by atoms with Crippen molar-refractivity contribution in [1.29, 1.82) is 0 Å². The van der Waals surface area contributed by atoms with Crippen LogP contribution in [0, 0.1) is 0 Å². The number of hydrogen-bond donors (Lipinski definition) is 2. The van der Waals surface area contributed by atoms with Gasteiger partial charge in [0.1, 0.15) is 0 Å². The maximum Gasteiger partial charge on any atom is 0.308 e. The van der Waals surface area contributed by atoms with Crippen LogP contribution in [0.2, 0.25) is 0 Å². The molecule has 0 saturated heterocycles. The summed E-state index contributed by atoms with van der Waals surface area (Å²) in [7, 11) is 0. The van der Waals surface area contributed by atoms with E-state index in [1.54, 1.807) is 6.92 Å². The van der Waals surface area contributed by atoms with Gasteiger partial charge in [0.25, 0.3) is 0 Å². The molecule has 0 aromatic carbocycles. The summed E-state index contributed by atoms with van der Waals surface area (Å²) in [6.45, 7) is 1.69. The maximum absolute atomic E-state index is 11.5. The van der Waals surface area contributed by atoms with Crippen molar-refractivity contribution in [2.24, 2.45) is 0 Å². The Bertz CT molecular complexity index is 368. The van der Waals surface area contributed by atoms with Gasteiger partial charge in [-0.25, -0.2) is 0 Å². The second kappa shape index (κ2) is 12.4. The first-order chi connectivity index (χ1) is 10.8. The van der Waals surface area contributed by atoms with Crippen LogP contribution in [-0.2, 0) is 28.7 Å². The molecule has 0 aromatic rings. The smallest absolute Gasteiger partial charge is 0.308 e. The fourth-order valence-corrected chi connectivity index (χ4v) is 1.69. The summed E-state index contributed by atoms with van der Waals surface area (Å²) >= 11 is 0. The monoisotopic (exact) mass is 332 g/mol. The van der Waals surface area contributed by atoms with E-state index in [0.717, 1.165) is 0 Å². The lowest BCUT2D eigenvalue weighted by Gasteiger charge is -2.16. The summed E-state index contributed by atoms with van der Waals surface area (Å²) in [5.41, 5.74) is 0. The quantitative estimate of drug-likeness (QED) is 0.298. The molecule has 0 heterocycles. The molecular weight excluding hydrogens is 308 g/mol. The Morgan fingerprint density at radius 1 is 0.739 bits per heavy atom. The summed E-state index contributed by atoms with van der Waals surface area (Å²) in [5.74, 6) is -2.91. The van der Waals surface area contributed by atoms with E-state index in [0.29, 0.717) is 32.1 Å². The van der Waals surface area contributed by atoms with Gasteiger partial charge in [-0.15, -0.1) is 0 Å². The van der Waals surface area contributed by atoms with Crippen molar-refractivity contribution in [3.8, 4) is 0 Å². The number of ether oxygens (including phenoxy) is 2. The second-order valence-electron chi connectivity index (χ2n) is 5.02. The first-order valence-corrected chi connectivity index (χ1v) is 7.67. The van der Waals surface area contributed by atoms with Crippen LogP contribution in [0.3, 0.4) is 0 Å². The summed E-state index contributed by atoms with van der Waals surface area (Å²) in [6.07, 6.45) is 1.02. The molecule has 8 nitrogen and oxygen atoms in total. The fourth-order valence-electron chi connectivity index (χ4n) is 1.69. The Balaban J connectivity index is 3.90. The summed E-state index contributed by atoms with van der Waals surface area (Å²) in [4.78, 5) is 43.8. The second-order valence-corrected chi connectivity index (χ2v) is 5.02. The lowest BCUT2D eigenvalue weighted by Crippen LogP contribution is -2.24. The molecule has 0 bridgehead atoms. The zero-order valence-corrected chi connectivity index (χ0v) is 13.3. The number of rotatable bonds is 13. The number of carboxylic acids is 2. The van der Waals surface area contributed by atoms with Crippen LogP contribution in [0.15, 0.2) is 0 Å². The number of esters is 2. The third-order valence-electron chi connectivity index (χ3n) is 2.90. The Labute approximate surface area is 134 Å². The Kier molecular flexibility index (Phi) is 11.3. The molecule has 0 saturated carbocycles. The molecule has 0 radical (unpaired) electrons. The van der Waals surface area contributed by atoms with Gasteiger partial charge < -0.3 is 19.7 Å². The molecule has 0 aliphatic rings. The van der Waals surface area contributed by atoms with Crippen molar-refractivity contribution >= 4 is 23.9 Å². The standard InChI is InChI=1S/C15H24O8/c1-2-15(22-13(20)9-5-3-7-11(16)17)23-14(21)10-6-4-8-12(18)19/h15H,2-10H2,1H3,(H,16,17)(H,18,19). The molecular formula is C15H24O8. The summed E-state index contributed by atoms with van der Waals surface area (Å²) in [5, 5.41) is 16.9. The van der Waals surface area contributed by atoms with Crippen LogP contribution < -0.4 is 0 Å². The van der Waals surface area contributed by atoms with Crippen molar-refractivity contribution < 1.29 is 38.9 Å². The highest BCUT2D eigenvalue weighted by Crippen LogP contribution is 2.09. The van der Waals surface area contributed by atoms with Gasteiger partial charge in [-0.1, -0.05) is 6.92 Å². The van der Waals surface area contributed by atoms with E-state index in [4.69, 9.17) is 19.7 Å². The minimum atomic E-state index is -0.964. The van der Waals surface area contributed by atoms with Crippen molar-refractivity contribution in [3.63, 3.8) is 0 Å². The van der Waals surface area contributed by atoms with Crippen molar-refractivity contribution in [2.45, 2.75) is 71.0 Å². The highest BCUT2D eigenvalue weighted by Gasteiger charge is 2.17. The normalized spacial score (nSPS) is 10.3. The minimum absolute atomic E-state index is 0.00415. The molecule has 0 amide bonds. The molecule has 8 heteroatoms. The van der Waals surface area contributed by atoms with Gasteiger partial charge in [-0.2, -0.15) is 0 Å². The Hall–Kier alpha value is -2.12. The van der Waals surface area contributed by atoms with Crippen LogP contribution >= 0.6 is 0 Å². The number of hydrogen-bond acceptors (Lipinski definition) is 6. The Morgan fingerprint density at radius 2 is 1.09 bits per heavy atom. The molecule has 132 valence electrons. The van der Waals surface area contributed by atoms with Gasteiger partial charge in [-0.05, 0) is 25.7 Å². The summed E-state index contributed by atoms with van der Waals surface area (Å²) in [6, 6.07) is 0. The summed E-state index contributed by atoms with van der Waals surface area (Å²) < 4.78 is 10.00. The van der Waals surface area contributed by atoms with Gasteiger partial charge in [0, 0.05) is 32.1 Å². The molecule has 0 rings (SSSR count). The first-order valence-electron chi connectivity index (χ1n) is 7.67. The lowest BCUT2D eigenvalue weighted by atomic mass is 10.2. The average Bonchev–Trinajstić information content (AvgIpc) is 2.47. The third kappa shape index (κ3) is 13.3. The van der Waals surface area contributed by atoms with E-state index in [1.165, 1.54) is 0 Å². The zero-order chi connectivity index (χ0) is 17.7. The highest BCUT2D eigenvalue weighted by molar-refractivity contribution is 5.71. The highest BCUT2D eigenvalue weighted by atomic mass is 16.7. The molecule has 0 atom stereocenters. The van der Waals surface area contributed by atoms with E-state index in [2.05, 4.69) is 0 Å². The molecule has 0 spiro atoms. The number of carbonyl (C=O) groups is 4. The molecule has 0 aliphatic carbocycles. The van der Waals surface area contributed by atoms with E-state index >= 15 is 0 Å². The largest absolute Gasteiger partial charge is 0.481 e. The first kappa shape index (κ1) is 20.9. The maximum atomic E-state index is 11.5. The van der Waals surface area contributed by atoms with Gasteiger partial charge in [0.05, 0.1) is 0 Å². The van der Waals surface area contributed by atoms with Crippen molar-refractivity contribution in [3.05, 3.63) is 0 Å². The van der Waals surface area contributed by atoms with Gasteiger partial charge in [0.15, 0.2) is 0 Å². The minimum Gasteiger partial charge on any atom is -0.481 e. The van der Waals surface area contributed by atoms with Crippen LogP contribution in [0.25, 0.3) is 0 Å². The molecule has 23 heavy (non-hydrogen) atoms. The van der Waals surface area contributed by atoms with Crippen LogP contribution in [0.1, 0.15) is 64.7 Å². The SMILES string of the molecule is CCC(OC(=O)CCCCC(=O)O)OC(=O)CCCCC(=O)O. The number of unbranched alkanes of at least 4 members (excludes halogenated alkanes) is 2. The van der Waals surface area contributed by atoms with E-state index in [1.807, 2.05) is 0 Å². The number of carboxylic acid groups (broad SMARTS) is 2. The lowest BCUT2D eigenvalue weighted by molar-refractivity contribution is -0.188. The average molecular weight is 332 g/mol. The van der Waals surface area contributed by atoms with Crippen molar-refractivity contribution in [1.82, 2.24) is 0 Å². The van der Waals surface area contributed by atoms with E-state index < -0.39 is 30.2 Å². The van der Waals surface area contributed by atoms with Gasteiger partial charge in [0.2, 0.25) is 6.29 Å². The molecule has 2 N–H and O–H groups in total. The molecule has 0 aromatic heterocycles. The van der Waals surface area contributed by atoms with Crippen LogP contribution in [-0.4, -0.2) is 40.4 Å². The van der Waals surface area contributed by atoms with Gasteiger partial charge >= 0.3 is 23.9 Å². The van der Waals surface area contributed by atoms with Crippen LogP contribution in [0.5, 0.6) is 0 Å².